The number of carbonyl (C=O) groups is 2. The highest BCUT2D eigenvalue weighted by molar-refractivity contribution is 6.46. The number of hydrogen-bond acceptors (Lipinski definition) is 4. The van der Waals surface area contributed by atoms with Crippen LogP contribution in [0.15, 0.2) is 84.6 Å². The van der Waals surface area contributed by atoms with E-state index in [0.29, 0.717) is 16.8 Å². The van der Waals surface area contributed by atoms with E-state index < -0.39 is 0 Å². The Kier molecular flexibility index (Phi) is 6.08. The van der Waals surface area contributed by atoms with Crippen LogP contribution in [0, 0.1) is 6.92 Å². The molecule has 0 atom stereocenters. The van der Waals surface area contributed by atoms with E-state index in [1.165, 1.54) is 4.90 Å². The van der Waals surface area contributed by atoms with Gasteiger partial charge in [-0.1, -0.05) is 48.0 Å². The first-order valence-electron chi connectivity index (χ1n) is 10.9. The second-order valence-electron chi connectivity index (χ2n) is 7.74. The van der Waals surface area contributed by atoms with Gasteiger partial charge in [-0.05, 0) is 62.7 Å². The Balaban J connectivity index is 1.72. The van der Waals surface area contributed by atoms with Crippen molar-refractivity contribution in [2.24, 2.45) is 0 Å². The van der Waals surface area contributed by atoms with Gasteiger partial charge in [-0.15, -0.1) is 0 Å². The molecule has 0 bridgehead atoms. The van der Waals surface area contributed by atoms with Gasteiger partial charge in [0.2, 0.25) is 0 Å². The average Bonchev–Trinajstić information content (AvgIpc) is 3.06. The zero-order chi connectivity index (χ0) is 22.7. The van der Waals surface area contributed by atoms with Crippen LogP contribution in [-0.2, 0) is 9.59 Å². The first kappa shape index (κ1) is 21.4. The summed E-state index contributed by atoms with van der Waals surface area (Å²) in [4.78, 5) is 30.4. The number of benzene rings is 3. The van der Waals surface area contributed by atoms with Gasteiger partial charge >= 0.3 is 0 Å². The van der Waals surface area contributed by atoms with Gasteiger partial charge < -0.3 is 10.2 Å². The molecule has 2 amide bonds. The van der Waals surface area contributed by atoms with Crippen LogP contribution < -0.4 is 15.1 Å². The summed E-state index contributed by atoms with van der Waals surface area (Å²) in [7, 11) is 0. The van der Waals surface area contributed by atoms with Crippen molar-refractivity contribution in [3.8, 4) is 0 Å². The van der Waals surface area contributed by atoms with E-state index in [2.05, 4.69) is 24.1 Å². The minimum Gasteiger partial charge on any atom is -0.372 e. The molecule has 0 spiro atoms. The molecule has 162 valence electrons. The van der Waals surface area contributed by atoms with Crippen molar-refractivity contribution >= 4 is 34.4 Å². The topological polar surface area (TPSA) is 52.6 Å². The predicted octanol–water partition coefficient (Wildman–Crippen LogP) is 5.24. The summed E-state index contributed by atoms with van der Waals surface area (Å²) in [6.07, 6.45) is 0. The molecular formula is C27H27N3O2. The molecule has 1 heterocycles. The number of amides is 2. The first-order valence-corrected chi connectivity index (χ1v) is 10.9. The number of rotatable bonds is 7. The second kappa shape index (κ2) is 9.10. The van der Waals surface area contributed by atoms with E-state index in [1.54, 1.807) is 0 Å². The number of aryl methyl sites for hydroxylation is 1. The fourth-order valence-electron chi connectivity index (χ4n) is 3.94. The van der Waals surface area contributed by atoms with Crippen LogP contribution in [0.2, 0.25) is 0 Å². The zero-order valence-electron chi connectivity index (χ0n) is 18.6. The quantitative estimate of drug-likeness (QED) is 0.526. The number of imide groups is 1. The van der Waals surface area contributed by atoms with E-state index in [0.717, 1.165) is 30.0 Å². The largest absolute Gasteiger partial charge is 0.372 e. The lowest BCUT2D eigenvalue weighted by molar-refractivity contribution is -0.120. The van der Waals surface area contributed by atoms with Crippen molar-refractivity contribution in [3.05, 3.63) is 95.7 Å². The minimum absolute atomic E-state index is 0.290. The molecule has 1 aliphatic rings. The molecule has 0 aromatic heterocycles. The predicted molar refractivity (Wildman–Crippen MR) is 131 cm³/mol. The fraction of sp³-hybridized carbons (Fsp3) is 0.185. The minimum atomic E-state index is -0.356. The van der Waals surface area contributed by atoms with Gasteiger partial charge in [-0.25, -0.2) is 4.90 Å². The monoisotopic (exact) mass is 425 g/mol. The highest BCUT2D eigenvalue weighted by atomic mass is 16.2. The Morgan fingerprint density at radius 3 is 2.00 bits per heavy atom. The van der Waals surface area contributed by atoms with Crippen molar-refractivity contribution in [3.63, 3.8) is 0 Å². The van der Waals surface area contributed by atoms with Crippen LogP contribution >= 0.6 is 0 Å². The number of carbonyl (C=O) groups excluding carboxylic acids is 2. The maximum Gasteiger partial charge on any atom is 0.282 e. The van der Waals surface area contributed by atoms with Crippen molar-refractivity contribution in [1.82, 2.24) is 0 Å². The molecule has 1 N–H and O–H groups in total. The summed E-state index contributed by atoms with van der Waals surface area (Å²) in [6.45, 7) is 7.99. The lowest BCUT2D eigenvalue weighted by Gasteiger charge is -2.22. The molecule has 0 radical (unpaired) electrons. The van der Waals surface area contributed by atoms with Gasteiger partial charge in [0.15, 0.2) is 0 Å². The normalized spacial score (nSPS) is 13.7. The summed E-state index contributed by atoms with van der Waals surface area (Å²) < 4.78 is 0. The van der Waals surface area contributed by atoms with Crippen LogP contribution in [0.4, 0.5) is 17.1 Å². The standard InChI is InChI=1S/C27H27N3O2/c1-4-29(5-2)22-15-17-23(18-16-22)30-26(31)24(20-9-7-6-8-10-20)25(27(30)32)28-21-13-11-19(3)12-14-21/h6-18,28H,4-5H2,1-3H3. The van der Waals surface area contributed by atoms with E-state index in [1.807, 2.05) is 85.8 Å². The lowest BCUT2D eigenvalue weighted by Crippen LogP contribution is -2.32. The molecule has 0 saturated heterocycles. The Bertz CT molecular complexity index is 1150. The Morgan fingerprint density at radius 1 is 0.781 bits per heavy atom. The van der Waals surface area contributed by atoms with Crippen molar-refractivity contribution in [1.29, 1.82) is 0 Å². The van der Waals surface area contributed by atoms with Crippen molar-refractivity contribution < 1.29 is 9.59 Å². The average molecular weight is 426 g/mol. The number of anilines is 3. The Hall–Kier alpha value is -3.86. The molecule has 0 unspecified atom stereocenters. The smallest absolute Gasteiger partial charge is 0.282 e. The van der Waals surface area contributed by atoms with Crippen molar-refractivity contribution in [2.45, 2.75) is 20.8 Å². The van der Waals surface area contributed by atoms with Gasteiger partial charge in [0, 0.05) is 24.5 Å². The number of nitrogens with zero attached hydrogens (tertiary/aromatic N) is 2. The van der Waals surface area contributed by atoms with Crippen LogP contribution in [0.25, 0.3) is 5.57 Å². The first-order chi connectivity index (χ1) is 15.5. The van der Waals surface area contributed by atoms with Gasteiger partial charge in [-0.2, -0.15) is 0 Å². The van der Waals surface area contributed by atoms with Gasteiger partial charge in [0.25, 0.3) is 11.8 Å². The zero-order valence-corrected chi connectivity index (χ0v) is 18.6. The summed E-state index contributed by atoms with van der Waals surface area (Å²) in [5.74, 6) is -0.684. The van der Waals surface area contributed by atoms with Gasteiger partial charge in [-0.3, -0.25) is 9.59 Å². The van der Waals surface area contributed by atoms with E-state index >= 15 is 0 Å². The van der Waals surface area contributed by atoms with Crippen LogP contribution in [0.3, 0.4) is 0 Å². The molecule has 5 heteroatoms. The highest BCUT2D eigenvalue weighted by Gasteiger charge is 2.40. The molecule has 0 saturated carbocycles. The SMILES string of the molecule is CCN(CC)c1ccc(N2C(=O)C(Nc3ccc(C)cc3)=C(c3ccccc3)C2=O)cc1. The maximum absolute atomic E-state index is 13.5. The highest BCUT2D eigenvalue weighted by Crippen LogP contribution is 2.34. The summed E-state index contributed by atoms with van der Waals surface area (Å²) in [6, 6.07) is 24.7. The van der Waals surface area contributed by atoms with E-state index in [9.17, 15) is 9.59 Å². The molecular weight excluding hydrogens is 398 g/mol. The van der Waals surface area contributed by atoms with Crippen LogP contribution in [0.1, 0.15) is 25.0 Å². The van der Waals surface area contributed by atoms with Gasteiger partial charge in [0.05, 0.1) is 11.3 Å². The summed E-state index contributed by atoms with van der Waals surface area (Å²) >= 11 is 0. The summed E-state index contributed by atoms with van der Waals surface area (Å²) in [5, 5.41) is 3.20. The third-order valence-corrected chi connectivity index (χ3v) is 5.70. The van der Waals surface area contributed by atoms with E-state index in [4.69, 9.17) is 0 Å². The third-order valence-electron chi connectivity index (χ3n) is 5.70. The van der Waals surface area contributed by atoms with Crippen LogP contribution in [-0.4, -0.2) is 24.9 Å². The van der Waals surface area contributed by atoms with Crippen molar-refractivity contribution in [2.75, 3.05) is 28.2 Å². The molecule has 5 nitrogen and oxygen atoms in total. The lowest BCUT2D eigenvalue weighted by atomic mass is 10.0. The third kappa shape index (κ3) is 4.02. The molecule has 0 aliphatic carbocycles. The second-order valence-corrected chi connectivity index (χ2v) is 7.74. The molecule has 1 aliphatic heterocycles. The molecule has 4 rings (SSSR count). The van der Waals surface area contributed by atoms with Gasteiger partial charge in [0.1, 0.15) is 5.70 Å². The molecule has 32 heavy (non-hydrogen) atoms. The fourth-order valence-corrected chi connectivity index (χ4v) is 3.94. The number of hydrogen-bond donors (Lipinski definition) is 1. The maximum atomic E-state index is 13.5. The summed E-state index contributed by atoms with van der Waals surface area (Å²) in [5.41, 5.74) is 4.89. The molecule has 3 aromatic rings. The van der Waals surface area contributed by atoms with Crippen LogP contribution in [0.5, 0.6) is 0 Å². The Morgan fingerprint density at radius 2 is 1.41 bits per heavy atom. The number of nitrogens with one attached hydrogen (secondary N) is 1. The Labute approximate surface area is 189 Å². The molecule has 0 fully saturated rings. The molecule has 3 aromatic carbocycles. The van der Waals surface area contributed by atoms with E-state index in [-0.39, 0.29) is 17.5 Å².